The van der Waals surface area contributed by atoms with Crippen molar-refractivity contribution in [1.82, 2.24) is 14.5 Å². The minimum atomic E-state index is -3.39. The average molecular weight is 230 g/mol. The van der Waals surface area contributed by atoms with Gasteiger partial charge in [0.2, 0.25) is 10.0 Å². The number of nitrogens with zero attached hydrogens (tertiary/aromatic N) is 2. The molecule has 1 aliphatic rings. The molecule has 2 rings (SSSR count). The van der Waals surface area contributed by atoms with Crippen LogP contribution in [0.25, 0.3) is 0 Å². The van der Waals surface area contributed by atoms with Gasteiger partial charge in [0.05, 0.1) is 6.20 Å². The zero-order valence-corrected chi connectivity index (χ0v) is 9.07. The molecule has 84 valence electrons. The van der Waals surface area contributed by atoms with Gasteiger partial charge in [0.25, 0.3) is 0 Å². The molecular weight excluding hydrogens is 216 g/mol. The molecule has 2 heterocycles. The van der Waals surface area contributed by atoms with Crippen molar-refractivity contribution >= 4 is 10.0 Å². The number of nitrogens with one attached hydrogen (secondary N) is 1. The zero-order valence-electron chi connectivity index (χ0n) is 8.26. The van der Waals surface area contributed by atoms with E-state index in [0.29, 0.717) is 13.1 Å². The first kappa shape index (κ1) is 10.6. The highest BCUT2D eigenvalue weighted by Gasteiger charge is 2.29. The van der Waals surface area contributed by atoms with E-state index in [0.717, 1.165) is 12.8 Å². The van der Waals surface area contributed by atoms with Gasteiger partial charge in [0.15, 0.2) is 0 Å². The normalized spacial score (nSPS) is 24.2. The van der Waals surface area contributed by atoms with Gasteiger partial charge in [0, 0.05) is 25.3 Å². The number of aromatic nitrogens is 2. The third-order valence-corrected chi connectivity index (χ3v) is 4.36. The van der Waals surface area contributed by atoms with Gasteiger partial charge in [-0.05, 0) is 12.8 Å². The first-order chi connectivity index (χ1) is 7.10. The van der Waals surface area contributed by atoms with Crippen LogP contribution in [0.5, 0.6) is 0 Å². The maximum Gasteiger partial charge on any atom is 0.246 e. The summed E-state index contributed by atoms with van der Waals surface area (Å²) in [5.41, 5.74) is 5.75. The summed E-state index contributed by atoms with van der Waals surface area (Å²) in [4.78, 5) is 0.205. The molecule has 1 fully saturated rings. The largest absolute Gasteiger partial charge is 0.327 e. The minimum absolute atomic E-state index is 0.0552. The summed E-state index contributed by atoms with van der Waals surface area (Å²) in [6.45, 7) is 0.939. The summed E-state index contributed by atoms with van der Waals surface area (Å²) in [5.74, 6) is 0. The first-order valence-electron chi connectivity index (χ1n) is 4.85. The molecule has 3 N–H and O–H groups in total. The number of hydrogen-bond acceptors (Lipinski definition) is 4. The summed E-state index contributed by atoms with van der Waals surface area (Å²) >= 11 is 0. The second-order valence-electron chi connectivity index (χ2n) is 3.70. The Morgan fingerprint density at radius 2 is 2.40 bits per heavy atom. The van der Waals surface area contributed by atoms with Gasteiger partial charge >= 0.3 is 0 Å². The average Bonchev–Trinajstić information content (AvgIpc) is 2.71. The van der Waals surface area contributed by atoms with Crippen molar-refractivity contribution in [3.63, 3.8) is 0 Å². The van der Waals surface area contributed by atoms with Gasteiger partial charge in [-0.3, -0.25) is 5.10 Å². The monoisotopic (exact) mass is 230 g/mol. The Balaban J connectivity index is 2.22. The Morgan fingerprint density at radius 3 is 3.00 bits per heavy atom. The van der Waals surface area contributed by atoms with E-state index in [9.17, 15) is 8.42 Å². The van der Waals surface area contributed by atoms with E-state index in [2.05, 4.69) is 10.2 Å². The van der Waals surface area contributed by atoms with Crippen molar-refractivity contribution in [2.45, 2.75) is 23.8 Å². The fourth-order valence-corrected chi connectivity index (χ4v) is 3.16. The maximum atomic E-state index is 12.0. The summed E-state index contributed by atoms with van der Waals surface area (Å²) in [6, 6.07) is -0.0552. The zero-order chi connectivity index (χ0) is 10.9. The van der Waals surface area contributed by atoms with Crippen LogP contribution in [0.4, 0.5) is 0 Å². The van der Waals surface area contributed by atoms with Crippen LogP contribution in [0.15, 0.2) is 17.3 Å². The highest BCUT2D eigenvalue weighted by molar-refractivity contribution is 7.89. The summed E-state index contributed by atoms with van der Waals surface area (Å²) in [5, 5.41) is 6.14. The maximum absolute atomic E-state index is 12.0. The lowest BCUT2D eigenvalue weighted by molar-refractivity contribution is 0.316. The molecule has 1 aromatic rings. The number of nitrogens with two attached hydrogens (primary N) is 1. The van der Waals surface area contributed by atoms with Crippen molar-refractivity contribution in [3.05, 3.63) is 12.4 Å². The Hall–Kier alpha value is -0.920. The highest BCUT2D eigenvalue weighted by Crippen LogP contribution is 2.18. The van der Waals surface area contributed by atoms with Gasteiger partial charge in [-0.15, -0.1) is 0 Å². The molecule has 15 heavy (non-hydrogen) atoms. The van der Waals surface area contributed by atoms with Gasteiger partial charge in [-0.2, -0.15) is 9.40 Å². The van der Waals surface area contributed by atoms with Crippen molar-refractivity contribution in [2.24, 2.45) is 5.73 Å². The van der Waals surface area contributed by atoms with Gasteiger partial charge < -0.3 is 5.73 Å². The number of H-pyrrole nitrogens is 1. The van der Waals surface area contributed by atoms with Crippen LogP contribution in [0, 0.1) is 0 Å². The SMILES string of the molecule is N[C@@H]1CCCN(S(=O)(=O)c2cn[nH]c2)C1. The van der Waals surface area contributed by atoms with Crippen LogP contribution in [0.3, 0.4) is 0 Å². The molecule has 1 aromatic heterocycles. The molecule has 0 aliphatic carbocycles. The van der Waals surface area contributed by atoms with Gasteiger partial charge in [-0.1, -0.05) is 0 Å². The van der Waals surface area contributed by atoms with Crippen LogP contribution in [0.2, 0.25) is 0 Å². The Kier molecular flexibility index (Phi) is 2.76. The van der Waals surface area contributed by atoms with E-state index in [1.54, 1.807) is 0 Å². The van der Waals surface area contributed by atoms with Gasteiger partial charge in [0.1, 0.15) is 4.90 Å². The van der Waals surface area contributed by atoms with Crippen LogP contribution in [-0.4, -0.2) is 42.1 Å². The van der Waals surface area contributed by atoms with E-state index in [4.69, 9.17) is 5.73 Å². The predicted molar refractivity (Wildman–Crippen MR) is 54.6 cm³/mol. The number of rotatable bonds is 2. The van der Waals surface area contributed by atoms with E-state index >= 15 is 0 Å². The molecule has 0 aromatic carbocycles. The van der Waals surface area contributed by atoms with E-state index in [1.165, 1.54) is 16.7 Å². The smallest absolute Gasteiger partial charge is 0.246 e. The Morgan fingerprint density at radius 1 is 1.60 bits per heavy atom. The highest BCUT2D eigenvalue weighted by atomic mass is 32.2. The van der Waals surface area contributed by atoms with Crippen LogP contribution in [0.1, 0.15) is 12.8 Å². The van der Waals surface area contributed by atoms with E-state index < -0.39 is 10.0 Å². The van der Waals surface area contributed by atoms with Crippen LogP contribution in [-0.2, 0) is 10.0 Å². The second-order valence-corrected chi connectivity index (χ2v) is 5.64. The molecule has 1 atom stereocenters. The molecule has 6 nitrogen and oxygen atoms in total. The molecule has 0 amide bonds. The number of hydrogen-bond donors (Lipinski definition) is 2. The fraction of sp³-hybridized carbons (Fsp3) is 0.625. The molecule has 0 radical (unpaired) electrons. The molecule has 0 spiro atoms. The Labute approximate surface area is 88.5 Å². The van der Waals surface area contributed by atoms with Crippen molar-refractivity contribution in [2.75, 3.05) is 13.1 Å². The minimum Gasteiger partial charge on any atom is -0.327 e. The predicted octanol–water partition coefficient (Wildman–Crippen LogP) is -0.479. The quantitative estimate of drug-likeness (QED) is 0.718. The molecular formula is C8H14N4O2S. The molecule has 0 bridgehead atoms. The fourth-order valence-electron chi connectivity index (χ4n) is 1.72. The molecule has 7 heteroatoms. The van der Waals surface area contributed by atoms with Crippen LogP contribution < -0.4 is 5.73 Å². The lowest BCUT2D eigenvalue weighted by Crippen LogP contribution is -2.45. The van der Waals surface area contributed by atoms with Crippen molar-refractivity contribution in [3.8, 4) is 0 Å². The summed E-state index contributed by atoms with van der Waals surface area (Å²) < 4.78 is 25.4. The first-order valence-corrected chi connectivity index (χ1v) is 6.29. The van der Waals surface area contributed by atoms with E-state index in [1.807, 2.05) is 0 Å². The third-order valence-electron chi connectivity index (χ3n) is 2.53. The number of aromatic amines is 1. The van der Waals surface area contributed by atoms with E-state index in [-0.39, 0.29) is 10.9 Å². The summed E-state index contributed by atoms with van der Waals surface area (Å²) in [6.07, 6.45) is 4.40. The number of sulfonamides is 1. The molecule has 0 saturated carbocycles. The Bertz CT molecular complexity index is 414. The lowest BCUT2D eigenvalue weighted by Gasteiger charge is -2.29. The topological polar surface area (TPSA) is 92.1 Å². The number of piperidine rings is 1. The lowest BCUT2D eigenvalue weighted by atomic mass is 10.1. The van der Waals surface area contributed by atoms with Crippen LogP contribution >= 0.6 is 0 Å². The molecule has 1 saturated heterocycles. The second kappa shape index (κ2) is 3.92. The standard InChI is InChI=1S/C8H14N4O2S/c9-7-2-1-3-12(6-7)15(13,14)8-4-10-11-5-8/h4-5,7H,1-3,6,9H2,(H,10,11)/t7-/m1/s1. The van der Waals surface area contributed by atoms with Crippen molar-refractivity contribution in [1.29, 1.82) is 0 Å². The third kappa shape index (κ3) is 2.04. The van der Waals surface area contributed by atoms with Gasteiger partial charge in [-0.25, -0.2) is 8.42 Å². The summed E-state index contributed by atoms with van der Waals surface area (Å²) in [7, 11) is -3.39. The molecule has 0 unspecified atom stereocenters. The molecule has 1 aliphatic heterocycles. The van der Waals surface area contributed by atoms with Crippen molar-refractivity contribution < 1.29 is 8.42 Å².